The molecule has 112 valence electrons. The number of nitrogens with one attached hydrogen (secondary N) is 1. The quantitative estimate of drug-likeness (QED) is 0.894. The highest BCUT2D eigenvalue weighted by Crippen LogP contribution is 2.32. The Kier molecular flexibility index (Phi) is 5.27. The summed E-state index contributed by atoms with van der Waals surface area (Å²) in [6.45, 7) is 9.41. The van der Waals surface area contributed by atoms with E-state index in [1.807, 2.05) is 0 Å². The van der Waals surface area contributed by atoms with E-state index in [1.54, 1.807) is 0 Å². The van der Waals surface area contributed by atoms with Crippen LogP contribution in [-0.4, -0.2) is 35.0 Å². The Morgan fingerprint density at radius 3 is 3.00 bits per heavy atom. The van der Waals surface area contributed by atoms with Crippen molar-refractivity contribution in [3.63, 3.8) is 0 Å². The lowest BCUT2D eigenvalue weighted by Gasteiger charge is -2.23. The molecule has 0 amide bonds. The van der Waals surface area contributed by atoms with Crippen molar-refractivity contribution in [2.24, 2.45) is 0 Å². The van der Waals surface area contributed by atoms with E-state index in [2.05, 4.69) is 54.0 Å². The van der Waals surface area contributed by atoms with Gasteiger partial charge in [-0.15, -0.1) is 12.4 Å². The lowest BCUT2D eigenvalue weighted by molar-refractivity contribution is 0.277. The van der Waals surface area contributed by atoms with Crippen LogP contribution in [0.3, 0.4) is 0 Å². The van der Waals surface area contributed by atoms with Crippen LogP contribution in [0.25, 0.3) is 0 Å². The van der Waals surface area contributed by atoms with E-state index in [-0.39, 0.29) is 12.4 Å². The van der Waals surface area contributed by atoms with Crippen molar-refractivity contribution in [1.29, 1.82) is 0 Å². The largest absolute Gasteiger partial charge is 0.384 e. The third kappa shape index (κ3) is 3.63. The first-order valence-corrected chi connectivity index (χ1v) is 8.34. The monoisotopic (exact) mass is 312 g/mol. The molecule has 2 heterocycles. The van der Waals surface area contributed by atoms with Crippen LogP contribution in [0.5, 0.6) is 0 Å². The third-order valence-corrected chi connectivity index (χ3v) is 5.63. The Balaban J connectivity index is 0.00000147. The zero-order chi connectivity index (χ0) is 13.3. The fourth-order valence-corrected chi connectivity index (χ4v) is 4.14. The minimum Gasteiger partial charge on any atom is -0.384 e. The fraction of sp³-hybridized carbons (Fsp3) is 0.625. The van der Waals surface area contributed by atoms with Crippen molar-refractivity contribution in [2.45, 2.75) is 38.0 Å². The molecule has 1 aromatic carbocycles. The number of fused-ring (bicyclic) bond motifs is 1. The van der Waals surface area contributed by atoms with Crippen molar-refractivity contribution in [1.82, 2.24) is 4.90 Å². The van der Waals surface area contributed by atoms with Crippen molar-refractivity contribution in [2.75, 3.05) is 30.7 Å². The summed E-state index contributed by atoms with van der Waals surface area (Å²) in [6.07, 6.45) is 2.48. The molecular formula is C16H25ClN2S. The van der Waals surface area contributed by atoms with Gasteiger partial charge in [0.1, 0.15) is 0 Å². The smallest absolute Gasteiger partial charge is 0.0419 e. The number of hydrogen-bond donors (Lipinski definition) is 1. The summed E-state index contributed by atoms with van der Waals surface area (Å²) in [5, 5.41) is 3.56. The van der Waals surface area contributed by atoms with Gasteiger partial charge in [-0.05, 0) is 30.5 Å². The Hall–Kier alpha value is -0.380. The maximum Gasteiger partial charge on any atom is 0.0419 e. The summed E-state index contributed by atoms with van der Waals surface area (Å²) in [7, 11) is 0. The molecule has 0 spiro atoms. The van der Waals surface area contributed by atoms with Gasteiger partial charge in [0.25, 0.3) is 0 Å². The van der Waals surface area contributed by atoms with Gasteiger partial charge in [0.15, 0.2) is 0 Å². The van der Waals surface area contributed by atoms with Gasteiger partial charge < -0.3 is 5.32 Å². The molecule has 0 bridgehead atoms. The maximum atomic E-state index is 3.56. The minimum atomic E-state index is 0. The van der Waals surface area contributed by atoms with E-state index in [1.165, 1.54) is 48.5 Å². The molecule has 2 nitrogen and oxygen atoms in total. The topological polar surface area (TPSA) is 15.3 Å². The van der Waals surface area contributed by atoms with Crippen LogP contribution in [0.2, 0.25) is 0 Å². The van der Waals surface area contributed by atoms with Gasteiger partial charge >= 0.3 is 0 Å². The number of rotatable bonds is 2. The van der Waals surface area contributed by atoms with E-state index in [9.17, 15) is 0 Å². The summed E-state index contributed by atoms with van der Waals surface area (Å²) in [5.41, 5.74) is 4.40. The van der Waals surface area contributed by atoms with E-state index >= 15 is 0 Å². The molecule has 4 heteroatoms. The van der Waals surface area contributed by atoms with Crippen molar-refractivity contribution >= 4 is 29.9 Å². The van der Waals surface area contributed by atoms with Crippen LogP contribution in [0.4, 0.5) is 5.69 Å². The molecule has 1 fully saturated rings. The molecule has 0 saturated carbocycles. The Morgan fingerprint density at radius 1 is 1.30 bits per heavy atom. The molecule has 0 unspecified atom stereocenters. The predicted molar refractivity (Wildman–Crippen MR) is 92.3 cm³/mol. The predicted octanol–water partition coefficient (Wildman–Crippen LogP) is 3.79. The normalized spacial score (nSPS) is 21.5. The molecule has 1 aromatic rings. The molecule has 2 aliphatic heterocycles. The first kappa shape index (κ1) is 16.0. The van der Waals surface area contributed by atoms with Crippen LogP contribution in [0.1, 0.15) is 31.4 Å². The highest BCUT2D eigenvalue weighted by atomic mass is 35.5. The Bertz CT molecular complexity index is 462. The van der Waals surface area contributed by atoms with Gasteiger partial charge in [0.05, 0.1) is 0 Å². The lowest BCUT2D eigenvalue weighted by atomic mass is 10.1. The number of benzene rings is 1. The maximum absolute atomic E-state index is 3.56. The highest BCUT2D eigenvalue weighted by molar-refractivity contribution is 8.00. The number of anilines is 1. The first-order chi connectivity index (χ1) is 9.14. The number of nitrogens with zero attached hydrogens (tertiary/aromatic N) is 1. The second-order valence-corrected chi connectivity index (χ2v) is 8.06. The second kappa shape index (κ2) is 6.59. The first-order valence-electron chi connectivity index (χ1n) is 7.35. The molecule has 3 rings (SSSR count). The van der Waals surface area contributed by atoms with E-state index in [0.717, 1.165) is 13.1 Å². The van der Waals surface area contributed by atoms with Crippen LogP contribution in [-0.2, 0) is 13.0 Å². The van der Waals surface area contributed by atoms with E-state index in [4.69, 9.17) is 0 Å². The van der Waals surface area contributed by atoms with E-state index in [0.29, 0.717) is 4.75 Å². The summed E-state index contributed by atoms with van der Waals surface area (Å²) >= 11 is 2.12. The molecule has 0 atom stereocenters. The molecule has 1 saturated heterocycles. The SMILES string of the molecule is CC1(C)CCN(Cc2cccc3c2NCC3)CCS1.Cl. The molecule has 0 radical (unpaired) electrons. The summed E-state index contributed by atoms with van der Waals surface area (Å²) in [6, 6.07) is 6.78. The van der Waals surface area contributed by atoms with Gasteiger partial charge in [-0.1, -0.05) is 32.0 Å². The Labute approximate surface area is 133 Å². The number of thioether (sulfide) groups is 1. The van der Waals surface area contributed by atoms with Gasteiger partial charge in [-0.25, -0.2) is 0 Å². The van der Waals surface area contributed by atoms with Crippen molar-refractivity contribution in [3.8, 4) is 0 Å². The van der Waals surface area contributed by atoms with Crippen LogP contribution in [0.15, 0.2) is 18.2 Å². The Morgan fingerprint density at radius 2 is 2.15 bits per heavy atom. The van der Waals surface area contributed by atoms with Gasteiger partial charge in [0.2, 0.25) is 0 Å². The van der Waals surface area contributed by atoms with Gasteiger partial charge in [-0.3, -0.25) is 4.90 Å². The van der Waals surface area contributed by atoms with Crippen molar-refractivity contribution in [3.05, 3.63) is 29.3 Å². The molecule has 1 N–H and O–H groups in total. The van der Waals surface area contributed by atoms with E-state index < -0.39 is 0 Å². The summed E-state index contributed by atoms with van der Waals surface area (Å²) in [5.74, 6) is 1.26. The fourth-order valence-electron chi connectivity index (χ4n) is 3.00. The number of halogens is 1. The number of hydrogen-bond acceptors (Lipinski definition) is 3. The zero-order valence-electron chi connectivity index (χ0n) is 12.4. The zero-order valence-corrected chi connectivity index (χ0v) is 14.1. The molecule has 2 aliphatic rings. The molecular weight excluding hydrogens is 288 g/mol. The average molecular weight is 313 g/mol. The van der Waals surface area contributed by atoms with Crippen LogP contribution in [0, 0.1) is 0 Å². The van der Waals surface area contributed by atoms with Gasteiger partial charge in [0, 0.05) is 35.8 Å². The van der Waals surface area contributed by atoms with Crippen LogP contribution < -0.4 is 5.32 Å². The number of para-hydroxylation sites is 1. The second-order valence-electron chi connectivity index (χ2n) is 6.26. The molecule has 0 aromatic heterocycles. The summed E-state index contributed by atoms with van der Waals surface area (Å²) in [4.78, 5) is 2.62. The van der Waals surface area contributed by atoms with Gasteiger partial charge in [-0.2, -0.15) is 11.8 Å². The molecule has 0 aliphatic carbocycles. The minimum absolute atomic E-state index is 0. The van der Waals surface area contributed by atoms with Crippen LogP contribution >= 0.6 is 24.2 Å². The van der Waals surface area contributed by atoms with Crippen molar-refractivity contribution < 1.29 is 0 Å². The standard InChI is InChI=1S/C16H24N2S.ClH/c1-16(2)7-9-18(10-11-19-16)12-14-5-3-4-13-6-8-17-15(13)14;/h3-5,17H,6-12H2,1-2H3;1H. The molecule has 20 heavy (non-hydrogen) atoms. The summed E-state index contributed by atoms with van der Waals surface area (Å²) < 4.78 is 0.450. The average Bonchev–Trinajstić information content (AvgIpc) is 2.78. The highest BCUT2D eigenvalue weighted by Gasteiger charge is 2.24. The lowest BCUT2D eigenvalue weighted by Crippen LogP contribution is -2.27. The third-order valence-electron chi connectivity index (χ3n) is 4.26.